The van der Waals surface area contributed by atoms with E-state index in [9.17, 15) is 4.79 Å². The fourth-order valence-electron chi connectivity index (χ4n) is 0.789. The highest BCUT2D eigenvalue weighted by Crippen LogP contribution is 2.07. The molecule has 1 atom stereocenters. The highest BCUT2D eigenvalue weighted by Gasteiger charge is 2.09. The predicted molar refractivity (Wildman–Crippen MR) is 37.6 cm³/mol. The lowest BCUT2D eigenvalue weighted by molar-refractivity contribution is -0.105. The number of rotatable bonds is 2. The quantitative estimate of drug-likeness (QED) is 0.415. The van der Waals surface area contributed by atoms with Crippen molar-refractivity contribution in [2.75, 3.05) is 7.11 Å². The average molecular weight is 136 g/mol. The van der Waals surface area contributed by atoms with Gasteiger partial charge >= 0.3 is 0 Å². The number of allylic oxidation sites excluding steroid dienone is 1. The van der Waals surface area contributed by atoms with Gasteiger partial charge in [-0.2, -0.15) is 0 Å². The van der Waals surface area contributed by atoms with Crippen molar-refractivity contribution in [3.05, 3.63) is 29.5 Å². The van der Waals surface area contributed by atoms with Gasteiger partial charge in [-0.25, -0.2) is 0 Å². The Bertz CT molecular complexity index is 219. The van der Waals surface area contributed by atoms with Gasteiger partial charge in [0.1, 0.15) is 12.4 Å². The smallest absolute Gasteiger partial charge is 0.149 e. The Labute approximate surface area is 59.5 Å². The summed E-state index contributed by atoms with van der Waals surface area (Å²) in [5, 5.41) is 0. The Morgan fingerprint density at radius 3 is 3.10 bits per heavy atom. The Morgan fingerprint density at radius 2 is 2.60 bits per heavy atom. The highest BCUT2D eigenvalue weighted by molar-refractivity contribution is 5.76. The summed E-state index contributed by atoms with van der Waals surface area (Å²) in [4.78, 5) is 10.3. The molecule has 0 fully saturated rings. The molecule has 2 heteroatoms. The summed E-state index contributed by atoms with van der Waals surface area (Å²) >= 11 is 0. The molecule has 0 aromatic carbocycles. The fourth-order valence-corrected chi connectivity index (χ4v) is 0.789. The molecule has 0 saturated carbocycles. The van der Waals surface area contributed by atoms with Gasteiger partial charge < -0.3 is 4.74 Å². The van der Waals surface area contributed by atoms with Gasteiger partial charge in [0.05, 0.1) is 0 Å². The van der Waals surface area contributed by atoms with E-state index in [1.807, 2.05) is 0 Å². The topological polar surface area (TPSA) is 26.3 Å². The molecule has 0 aromatic heterocycles. The van der Waals surface area contributed by atoms with Crippen LogP contribution in [-0.4, -0.2) is 19.5 Å². The minimum Gasteiger partial charge on any atom is -0.372 e. The number of hydrogen-bond acceptors (Lipinski definition) is 2. The van der Waals surface area contributed by atoms with Gasteiger partial charge in [-0.05, 0) is 18.2 Å². The molecule has 0 radical (unpaired) electrons. The number of carbonyl (C=O) groups excluding carboxylic acids is 1. The number of carbonyl (C=O) groups is 1. The van der Waals surface area contributed by atoms with Crippen LogP contribution < -0.4 is 0 Å². The molecule has 0 N–H and O–H groups in total. The van der Waals surface area contributed by atoms with Gasteiger partial charge in [-0.3, -0.25) is 4.79 Å². The van der Waals surface area contributed by atoms with Crippen molar-refractivity contribution in [1.29, 1.82) is 0 Å². The van der Waals surface area contributed by atoms with Crippen molar-refractivity contribution in [2.24, 2.45) is 0 Å². The van der Waals surface area contributed by atoms with Gasteiger partial charge in [0.25, 0.3) is 0 Å². The largest absolute Gasteiger partial charge is 0.372 e. The molecular weight excluding hydrogens is 128 g/mol. The fraction of sp³-hybridized carbons (Fsp3) is 0.250. The SMILES string of the molecule is COC1C=C=CC=C1C=O. The second-order valence-electron chi connectivity index (χ2n) is 1.94. The maximum Gasteiger partial charge on any atom is 0.149 e. The minimum atomic E-state index is -0.206. The van der Waals surface area contributed by atoms with Crippen LogP contribution in [0.15, 0.2) is 29.5 Å². The van der Waals surface area contributed by atoms with E-state index < -0.39 is 0 Å². The predicted octanol–water partition coefficient (Wildman–Crippen LogP) is 0.852. The third-order valence-corrected chi connectivity index (χ3v) is 1.34. The van der Waals surface area contributed by atoms with Crippen molar-refractivity contribution in [1.82, 2.24) is 0 Å². The van der Waals surface area contributed by atoms with Crippen molar-refractivity contribution < 1.29 is 9.53 Å². The van der Waals surface area contributed by atoms with E-state index in [1.165, 1.54) is 0 Å². The van der Waals surface area contributed by atoms with Crippen LogP contribution in [0.3, 0.4) is 0 Å². The lowest BCUT2D eigenvalue weighted by Crippen LogP contribution is -2.12. The summed E-state index contributed by atoms with van der Waals surface area (Å²) < 4.78 is 4.96. The third kappa shape index (κ3) is 1.24. The van der Waals surface area contributed by atoms with Crippen LogP contribution in [0, 0.1) is 0 Å². The molecule has 2 nitrogen and oxygen atoms in total. The van der Waals surface area contributed by atoms with E-state index in [4.69, 9.17) is 4.74 Å². The molecule has 1 aliphatic carbocycles. The zero-order valence-electron chi connectivity index (χ0n) is 5.70. The van der Waals surface area contributed by atoms with Gasteiger partial charge in [0.15, 0.2) is 0 Å². The summed E-state index contributed by atoms with van der Waals surface area (Å²) in [5.41, 5.74) is 3.48. The van der Waals surface area contributed by atoms with Crippen molar-refractivity contribution in [3.8, 4) is 0 Å². The van der Waals surface area contributed by atoms with Crippen molar-refractivity contribution >= 4 is 6.29 Å². The molecule has 0 saturated heterocycles. The molecule has 52 valence electrons. The molecule has 1 unspecified atom stereocenters. The Kier molecular flexibility index (Phi) is 2.21. The number of aldehydes is 1. The van der Waals surface area contributed by atoms with E-state index in [2.05, 4.69) is 5.73 Å². The van der Waals surface area contributed by atoms with Crippen LogP contribution >= 0.6 is 0 Å². The first kappa shape index (κ1) is 7.00. The summed E-state index contributed by atoms with van der Waals surface area (Å²) in [6, 6.07) is 0. The van der Waals surface area contributed by atoms with Crippen LogP contribution in [0.25, 0.3) is 0 Å². The number of methoxy groups -OCH3 is 1. The minimum absolute atomic E-state index is 0.206. The maximum atomic E-state index is 10.3. The first-order valence-corrected chi connectivity index (χ1v) is 2.99. The van der Waals surface area contributed by atoms with E-state index in [0.717, 1.165) is 6.29 Å². The number of ether oxygens (including phenoxy) is 1. The maximum absolute atomic E-state index is 10.3. The van der Waals surface area contributed by atoms with Crippen LogP contribution in [0.4, 0.5) is 0 Å². The molecule has 0 heterocycles. The second-order valence-corrected chi connectivity index (χ2v) is 1.94. The number of hydrogen-bond donors (Lipinski definition) is 0. The van der Waals surface area contributed by atoms with E-state index in [-0.39, 0.29) is 6.10 Å². The molecule has 1 rings (SSSR count). The lowest BCUT2D eigenvalue weighted by atomic mass is 10.1. The van der Waals surface area contributed by atoms with Gasteiger partial charge in [-0.15, -0.1) is 5.73 Å². The van der Waals surface area contributed by atoms with E-state index in [0.29, 0.717) is 5.57 Å². The van der Waals surface area contributed by atoms with Crippen LogP contribution in [0.5, 0.6) is 0 Å². The van der Waals surface area contributed by atoms with Gasteiger partial charge in [0, 0.05) is 12.7 Å². The molecule has 0 aromatic rings. The molecule has 0 spiro atoms. The van der Waals surface area contributed by atoms with Gasteiger partial charge in [-0.1, -0.05) is 0 Å². The third-order valence-electron chi connectivity index (χ3n) is 1.34. The first-order chi connectivity index (χ1) is 4.88. The molecule has 0 amide bonds. The normalized spacial score (nSPS) is 22.5. The highest BCUT2D eigenvalue weighted by atomic mass is 16.5. The monoisotopic (exact) mass is 136 g/mol. The van der Waals surface area contributed by atoms with Crippen molar-refractivity contribution in [2.45, 2.75) is 6.10 Å². The van der Waals surface area contributed by atoms with Crippen LogP contribution in [0.2, 0.25) is 0 Å². The molecule has 10 heavy (non-hydrogen) atoms. The second kappa shape index (κ2) is 3.16. The van der Waals surface area contributed by atoms with Gasteiger partial charge in [0.2, 0.25) is 0 Å². The Morgan fingerprint density at radius 1 is 1.80 bits per heavy atom. The van der Waals surface area contributed by atoms with Crippen molar-refractivity contribution in [3.63, 3.8) is 0 Å². The zero-order chi connectivity index (χ0) is 7.40. The summed E-state index contributed by atoms with van der Waals surface area (Å²) in [7, 11) is 1.56. The average Bonchev–Trinajstić information content (AvgIpc) is 2.04. The Balaban J connectivity index is 2.83. The van der Waals surface area contributed by atoms with Crippen LogP contribution in [0.1, 0.15) is 0 Å². The first-order valence-electron chi connectivity index (χ1n) is 2.99. The van der Waals surface area contributed by atoms with E-state index >= 15 is 0 Å². The molecule has 0 bridgehead atoms. The molecule has 1 aliphatic rings. The zero-order valence-corrected chi connectivity index (χ0v) is 5.70. The standard InChI is InChI=1S/C8H8O2/c1-10-8-5-3-2-4-7(8)6-9/h2,4-6,8H,1H3. The van der Waals surface area contributed by atoms with E-state index in [1.54, 1.807) is 25.3 Å². The summed E-state index contributed by atoms with van der Waals surface area (Å²) in [5.74, 6) is 0. The summed E-state index contributed by atoms with van der Waals surface area (Å²) in [6.07, 6.45) is 5.69. The summed E-state index contributed by atoms with van der Waals surface area (Å²) in [6.45, 7) is 0. The lowest BCUT2D eigenvalue weighted by Gasteiger charge is -2.09. The Hall–Kier alpha value is -1.11. The molecular formula is C8H8O2. The molecule has 0 aliphatic heterocycles. The van der Waals surface area contributed by atoms with Crippen LogP contribution in [-0.2, 0) is 9.53 Å².